The molecule has 222 valence electrons. The van der Waals surface area contributed by atoms with Crippen LogP contribution in [0, 0.1) is 5.92 Å². The summed E-state index contributed by atoms with van der Waals surface area (Å²) in [6.45, 7) is 26.2. The number of benzene rings is 1. The van der Waals surface area contributed by atoms with Crippen molar-refractivity contribution < 1.29 is 18.4 Å². The average molecular weight is 576 g/mol. The largest absolute Gasteiger partial charge is 0.458 e. The topological polar surface area (TPSA) is 48.0 Å². The van der Waals surface area contributed by atoms with E-state index >= 15 is 0 Å². The Kier molecular flexibility index (Phi) is 10.4. The first-order valence-corrected chi connectivity index (χ1v) is 20.4. The fourth-order valence-electron chi connectivity index (χ4n) is 7.26. The molecule has 0 N–H and O–H groups in total. The summed E-state index contributed by atoms with van der Waals surface area (Å²) in [5.74, 6) is -0.145. The molecule has 0 radical (unpaired) electrons. The van der Waals surface area contributed by atoms with Crippen molar-refractivity contribution in [3.63, 3.8) is 0 Å². The lowest BCUT2D eigenvalue weighted by atomic mass is 9.83. The molecular formula is C32H57NO4Si2. The minimum Gasteiger partial charge on any atom is -0.458 e. The number of fused-ring (bicyclic) bond motifs is 2. The maximum atomic E-state index is 13.4. The highest BCUT2D eigenvalue weighted by atomic mass is 28.4. The minimum atomic E-state index is -2.22. The first-order chi connectivity index (χ1) is 18.0. The monoisotopic (exact) mass is 575 g/mol. The molecule has 7 heteroatoms. The van der Waals surface area contributed by atoms with Gasteiger partial charge >= 0.3 is 5.97 Å². The number of esters is 1. The van der Waals surface area contributed by atoms with Crippen molar-refractivity contribution in [3.05, 3.63) is 35.9 Å². The zero-order chi connectivity index (χ0) is 29.3. The number of hydrogen-bond donors (Lipinski definition) is 0. The van der Waals surface area contributed by atoms with E-state index in [0.29, 0.717) is 40.9 Å². The zero-order valence-electron chi connectivity index (χ0n) is 26.9. The number of rotatable bonds is 11. The standard InChI is InChI=1S/C32H57NO4Si2/c1-22(2)39(23(3)4,24(5)6)37-29(21-35-38(11,12)32(7,8)9)30-27-19-18-26(33(27)10)20-28(30)36-31(34)25-16-14-13-15-17-25/h13-17,22-24,26-30H,18-21H2,1-12H3/t26-,27+,28-,29-,30+/m1/s1. The quantitative estimate of drug-likeness (QED) is 0.196. The van der Waals surface area contributed by atoms with Gasteiger partial charge in [-0.05, 0) is 66.8 Å². The molecule has 2 fully saturated rings. The molecule has 2 bridgehead atoms. The lowest BCUT2D eigenvalue weighted by Gasteiger charge is -2.51. The van der Waals surface area contributed by atoms with Crippen molar-refractivity contribution in [2.24, 2.45) is 5.92 Å². The van der Waals surface area contributed by atoms with Gasteiger partial charge in [-0.3, -0.25) is 4.90 Å². The molecule has 2 aliphatic heterocycles. The number of carbonyl (C=O) groups excluding carboxylic acids is 1. The number of piperidine rings is 1. The highest BCUT2D eigenvalue weighted by molar-refractivity contribution is 6.77. The van der Waals surface area contributed by atoms with E-state index in [4.69, 9.17) is 13.6 Å². The van der Waals surface area contributed by atoms with Crippen LogP contribution in [-0.2, 0) is 13.6 Å². The fraction of sp³-hybridized carbons (Fsp3) is 0.781. The molecule has 5 nitrogen and oxygen atoms in total. The maximum Gasteiger partial charge on any atom is 0.338 e. The summed E-state index contributed by atoms with van der Waals surface area (Å²) in [6.07, 6.45) is 2.82. The van der Waals surface area contributed by atoms with Crippen LogP contribution in [0.3, 0.4) is 0 Å². The summed E-state index contributed by atoms with van der Waals surface area (Å²) in [6, 6.07) is 10.2. The average Bonchev–Trinajstić information content (AvgIpc) is 3.07. The first-order valence-electron chi connectivity index (χ1n) is 15.3. The van der Waals surface area contributed by atoms with E-state index in [-0.39, 0.29) is 29.1 Å². The predicted molar refractivity (Wildman–Crippen MR) is 167 cm³/mol. The molecule has 0 aliphatic carbocycles. The van der Waals surface area contributed by atoms with E-state index in [0.717, 1.165) is 19.3 Å². The van der Waals surface area contributed by atoms with Crippen LogP contribution in [0.15, 0.2) is 30.3 Å². The maximum absolute atomic E-state index is 13.4. The molecule has 2 saturated heterocycles. The van der Waals surface area contributed by atoms with Crippen LogP contribution < -0.4 is 0 Å². The van der Waals surface area contributed by atoms with Crippen molar-refractivity contribution in [2.75, 3.05) is 13.7 Å². The van der Waals surface area contributed by atoms with Gasteiger partial charge in [0.05, 0.1) is 18.3 Å². The van der Waals surface area contributed by atoms with Gasteiger partial charge in [-0.2, -0.15) is 0 Å². The third-order valence-corrected chi connectivity index (χ3v) is 21.1. The summed E-state index contributed by atoms with van der Waals surface area (Å²) >= 11 is 0. The van der Waals surface area contributed by atoms with Gasteiger partial charge in [0.15, 0.2) is 8.32 Å². The van der Waals surface area contributed by atoms with Gasteiger partial charge in [0.2, 0.25) is 8.32 Å². The molecule has 2 heterocycles. The molecule has 1 aromatic carbocycles. The Balaban J connectivity index is 2.04. The molecular weight excluding hydrogens is 519 g/mol. The number of nitrogens with zero attached hydrogens (tertiary/aromatic N) is 1. The molecule has 0 unspecified atom stereocenters. The molecule has 39 heavy (non-hydrogen) atoms. The Hall–Kier alpha value is -0.996. The fourth-order valence-corrected chi connectivity index (χ4v) is 13.8. The van der Waals surface area contributed by atoms with Gasteiger partial charge in [0.25, 0.3) is 0 Å². The number of hydrogen-bond acceptors (Lipinski definition) is 5. The van der Waals surface area contributed by atoms with E-state index in [2.05, 4.69) is 87.4 Å². The summed E-state index contributed by atoms with van der Waals surface area (Å²) in [5, 5.41) is 0.112. The Morgan fingerprint density at radius 2 is 1.54 bits per heavy atom. The second-order valence-electron chi connectivity index (χ2n) is 14.6. The van der Waals surface area contributed by atoms with E-state index in [1.807, 2.05) is 30.3 Å². The molecule has 2 aliphatic rings. The highest BCUT2D eigenvalue weighted by Crippen LogP contribution is 2.48. The van der Waals surface area contributed by atoms with Crippen LogP contribution in [0.25, 0.3) is 0 Å². The van der Waals surface area contributed by atoms with Gasteiger partial charge in [0.1, 0.15) is 6.10 Å². The van der Waals surface area contributed by atoms with Gasteiger partial charge in [-0.25, -0.2) is 4.79 Å². The summed E-state index contributed by atoms with van der Waals surface area (Å²) in [4.78, 5) is 15.9. The van der Waals surface area contributed by atoms with Crippen molar-refractivity contribution in [1.29, 1.82) is 0 Å². The van der Waals surface area contributed by atoms with Crippen LogP contribution in [-0.4, -0.2) is 65.5 Å². The van der Waals surface area contributed by atoms with Gasteiger partial charge in [-0.15, -0.1) is 0 Å². The van der Waals surface area contributed by atoms with Gasteiger partial charge < -0.3 is 13.6 Å². The molecule has 0 saturated carbocycles. The Morgan fingerprint density at radius 1 is 0.974 bits per heavy atom. The van der Waals surface area contributed by atoms with Crippen LogP contribution in [0.2, 0.25) is 34.8 Å². The highest BCUT2D eigenvalue weighted by Gasteiger charge is 2.55. The van der Waals surface area contributed by atoms with Crippen LogP contribution in [0.4, 0.5) is 0 Å². The lowest BCUT2D eigenvalue weighted by molar-refractivity contribution is -0.0833. The van der Waals surface area contributed by atoms with Gasteiger partial charge in [-0.1, -0.05) is 80.5 Å². The SMILES string of the molecule is CC(C)[Si](O[C@H](CO[Si](C)(C)C(C)(C)C)[C@@H]1[C@H](OC(=O)c2ccccc2)C[C@H]2CC[C@@H]1N2C)(C(C)C)C(C)C. The Bertz CT molecular complexity index is 921. The number of carbonyl (C=O) groups is 1. The summed E-state index contributed by atoms with van der Waals surface area (Å²) < 4.78 is 21.0. The minimum absolute atomic E-state index is 0.0781. The van der Waals surface area contributed by atoms with E-state index < -0.39 is 16.6 Å². The molecule has 3 rings (SSSR count). The molecule has 0 amide bonds. The van der Waals surface area contributed by atoms with E-state index in [1.165, 1.54) is 0 Å². The third kappa shape index (κ3) is 6.74. The Morgan fingerprint density at radius 3 is 2.05 bits per heavy atom. The molecule has 5 atom stereocenters. The van der Waals surface area contributed by atoms with Crippen LogP contribution >= 0.6 is 0 Å². The van der Waals surface area contributed by atoms with Crippen molar-refractivity contribution >= 4 is 22.6 Å². The van der Waals surface area contributed by atoms with Crippen molar-refractivity contribution in [3.8, 4) is 0 Å². The summed E-state index contributed by atoms with van der Waals surface area (Å²) in [7, 11) is -1.99. The third-order valence-electron chi connectivity index (χ3n) is 10.4. The second kappa shape index (κ2) is 12.5. The number of ether oxygens (including phenoxy) is 1. The van der Waals surface area contributed by atoms with Crippen LogP contribution in [0.1, 0.15) is 91.9 Å². The van der Waals surface area contributed by atoms with Crippen molar-refractivity contribution in [1.82, 2.24) is 4.90 Å². The predicted octanol–water partition coefficient (Wildman–Crippen LogP) is 8.28. The molecule has 1 aromatic rings. The Labute approximate surface area is 241 Å². The molecule has 0 aromatic heterocycles. The zero-order valence-corrected chi connectivity index (χ0v) is 28.9. The van der Waals surface area contributed by atoms with E-state index in [9.17, 15) is 4.79 Å². The lowest BCUT2D eigenvalue weighted by Crippen LogP contribution is -2.60. The first kappa shape index (κ1) is 32.5. The smallest absolute Gasteiger partial charge is 0.338 e. The van der Waals surface area contributed by atoms with E-state index in [1.54, 1.807) is 0 Å². The molecule has 0 spiro atoms. The van der Waals surface area contributed by atoms with Gasteiger partial charge in [0, 0.05) is 24.4 Å². The summed E-state index contributed by atoms with van der Waals surface area (Å²) in [5.41, 5.74) is 2.02. The normalized spacial score (nSPS) is 25.5. The second-order valence-corrected chi connectivity index (χ2v) is 24.8. The van der Waals surface area contributed by atoms with Crippen molar-refractivity contribution in [2.45, 2.75) is 141 Å². The van der Waals surface area contributed by atoms with Crippen LogP contribution in [0.5, 0.6) is 0 Å².